The quantitative estimate of drug-likeness (QED) is 0.289. The van der Waals surface area contributed by atoms with Crippen LogP contribution in [-0.2, 0) is 6.42 Å². The Morgan fingerprint density at radius 1 is 1.00 bits per heavy atom. The lowest BCUT2D eigenvalue weighted by atomic mass is 10.1. The molecular formula is C16H15N7. The second-order valence-electron chi connectivity index (χ2n) is 4.86. The molecule has 23 heavy (non-hydrogen) atoms. The molecule has 0 atom stereocenters. The molecule has 7 heteroatoms. The topological polar surface area (TPSA) is 110 Å². The monoisotopic (exact) mass is 305 g/mol. The lowest BCUT2D eigenvalue weighted by molar-refractivity contribution is 0.972. The molecule has 0 bridgehead atoms. The highest BCUT2D eigenvalue weighted by atomic mass is 15.1. The van der Waals surface area contributed by atoms with Crippen LogP contribution in [0.2, 0.25) is 0 Å². The summed E-state index contributed by atoms with van der Waals surface area (Å²) in [5.74, 6) is 0. The van der Waals surface area contributed by atoms with Crippen LogP contribution in [0, 0.1) is 6.92 Å². The SMILES string of the molecule is Cc1ccc(N=[N+]=[N-])c(C=NCCc2ccccc2N=[N+]=[N-])c1. The van der Waals surface area contributed by atoms with Gasteiger partial charge in [-0.05, 0) is 30.0 Å². The van der Waals surface area contributed by atoms with Crippen LogP contribution in [0.1, 0.15) is 16.7 Å². The van der Waals surface area contributed by atoms with Crippen molar-refractivity contribution in [3.63, 3.8) is 0 Å². The van der Waals surface area contributed by atoms with Gasteiger partial charge >= 0.3 is 0 Å². The normalized spacial score (nSPS) is 10.1. The highest BCUT2D eigenvalue weighted by Gasteiger charge is 2.00. The summed E-state index contributed by atoms with van der Waals surface area (Å²) < 4.78 is 0. The number of benzene rings is 2. The van der Waals surface area contributed by atoms with Crippen LogP contribution in [0.25, 0.3) is 20.9 Å². The highest BCUT2D eigenvalue weighted by Crippen LogP contribution is 2.20. The van der Waals surface area contributed by atoms with Crippen molar-refractivity contribution in [3.8, 4) is 0 Å². The van der Waals surface area contributed by atoms with Gasteiger partial charge in [0.15, 0.2) is 0 Å². The van der Waals surface area contributed by atoms with Gasteiger partial charge in [0.2, 0.25) is 0 Å². The van der Waals surface area contributed by atoms with Gasteiger partial charge in [-0.2, -0.15) is 0 Å². The Balaban J connectivity index is 2.10. The van der Waals surface area contributed by atoms with E-state index in [1.54, 1.807) is 18.3 Å². The summed E-state index contributed by atoms with van der Waals surface area (Å²) in [6.07, 6.45) is 2.36. The first-order valence-corrected chi connectivity index (χ1v) is 7.03. The van der Waals surface area contributed by atoms with E-state index < -0.39 is 0 Å². The number of hydrogen-bond acceptors (Lipinski definition) is 3. The predicted octanol–water partition coefficient (Wildman–Crippen LogP) is 5.54. The van der Waals surface area contributed by atoms with Crippen LogP contribution < -0.4 is 0 Å². The summed E-state index contributed by atoms with van der Waals surface area (Å²) in [6, 6.07) is 13.0. The van der Waals surface area contributed by atoms with Crippen molar-refractivity contribution in [2.24, 2.45) is 15.2 Å². The fraction of sp³-hybridized carbons (Fsp3) is 0.188. The molecular weight excluding hydrogens is 290 g/mol. The summed E-state index contributed by atoms with van der Waals surface area (Å²) >= 11 is 0. The van der Waals surface area contributed by atoms with Gasteiger partial charge in [-0.3, -0.25) is 4.99 Å². The maximum Gasteiger partial charge on any atom is 0.0463 e. The van der Waals surface area contributed by atoms with Crippen molar-refractivity contribution in [3.05, 3.63) is 80.0 Å². The Hall–Kier alpha value is -3.27. The summed E-state index contributed by atoms with van der Waals surface area (Å²) in [5.41, 5.74) is 21.1. The number of hydrogen-bond donors (Lipinski definition) is 0. The molecule has 0 N–H and O–H groups in total. The number of aliphatic imine (C=N–C) groups is 1. The van der Waals surface area contributed by atoms with E-state index in [0.29, 0.717) is 24.3 Å². The summed E-state index contributed by atoms with van der Waals surface area (Å²) in [4.78, 5) is 10.0. The Morgan fingerprint density at radius 3 is 2.52 bits per heavy atom. The molecule has 0 aliphatic carbocycles. The van der Waals surface area contributed by atoms with E-state index in [4.69, 9.17) is 11.1 Å². The van der Waals surface area contributed by atoms with E-state index >= 15 is 0 Å². The van der Waals surface area contributed by atoms with Gasteiger partial charge < -0.3 is 0 Å². The summed E-state index contributed by atoms with van der Waals surface area (Å²) in [6.45, 7) is 2.51. The molecule has 2 rings (SSSR count). The van der Waals surface area contributed by atoms with Gasteiger partial charge in [0.1, 0.15) is 0 Å². The Kier molecular flexibility index (Phi) is 5.77. The highest BCUT2D eigenvalue weighted by molar-refractivity contribution is 5.86. The maximum atomic E-state index is 8.59. The Bertz CT molecular complexity index is 813. The standard InChI is InChI=1S/C16H15N7/c1-12-6-7-16(21-23-18)14(10-12)11-19-9-8-13-4-2-3-5-15(13)20-22-17/h2-7,10-11H,8-9H2,1H3. The fourth-order valence-electron chi connectivity index (χ4n) is 2.13. The second kappa shape index (κ2) is 8.24. The van der Waals surface area contributed by atoms with Gasteiger partial charge in [0.25, 0.3) is 0 Å². The van der Waals surface area contributed by atoms with Gasteiger partial charge in [0.05, 0.1) is 0 Å². The fourth-order valence-corrected chi connectivity index (χ4v) is 2.13. The van der Waals surface area contributed by atoms with E-state index in [9.17, 15) is 0 Å². The molecule has 0 aliphatic heterocycles. The molecule has 114 valence electrons. The molecule has 0 radical (unpaired) electrons. The first-order valence-electron chi connectivity index (χ1n) is 7.03. The van der Waals surface area contributed by atoms with Crippen LogP contribution in [0.3, 0.4) is 0 Å². The summed E-state index contributed by atoms with van der Waals surface area (Å²) in [5, 5.41) is 7.32. The Morgan fingerprint density at radius 2 is 1.74 bits per heavy atom. The molecule has 2 aromatic rings. The molecule has 0 unspecified atom stereocenters. The minimum absolute atomic E-state index is 0.543. The van der Waals surface area contributed by atoms with E-state index in [1.165, 1.54) is 0 Å². The van der Waals surface area contributed by atoms with Crippen molar-refractivity contribution < 1.29 is 0 Å². The number of rotatable bonds is 6. The number of azide groups is 2. The zero-order valence-electron chi connectivity index (χ0n) is 12.7. The van der Waals surface area contributed by atoms with Crippen molar-refractivity contribution in [2.45, 2.75) is 13.3 Å². The third-order valence-electron chi connectivity index (χ3n) is 3.22. The van der Waals surface area contributed by atoms with Gasteiger partial charge in [-0.1, -0.05) is 58.3 Å². The zero-order chi connectivity index (χ0) is 16.5. The van der Waals surface area contributed by atoms with Crippen molar-refractivity contribution >= 4 is 17.6 Å². The van der Waals surface area contributed by atoms with E-state index in [1.807, 2.05) is 37.3 Å². The first kappa shape index (κ1) is 16.1. The predicted molar refractivity (Wildman–Crippen MR) is 91.4 cm³/mol. The van der Waals surface area contributed by atoms with Gasteiger partial charge in [0, 0.05) is 39.5 Å². The molecule has 0 spiro atoms. The molecule has 2 aromatic carbocycles. The molecule has 0 aromatic heterocycles. The third kappa shape index (κ3) is 4.61. The van der Waals surface area contributed by atoms with Crippen LogP contribution >= 0.6 is 0 Å². The molecule has 0 amide bonds. The Labute approximate surface area is 133 Å². The van der Waals surface area contributed by atoms with Crippen molar-refractivity contribution in [2.75, 3.05) is 6.54 Å². The average molecular weight is 305 g/mol. The van der Waals surface area contributed by atoms with E-state index in [2.05, 4.69) is 25.0 Å². The smallest absolute Gasteiger partial charge is 0.0463 e. The number of aryl methyl sites for hydroxylation is 1. The largest absolute Gasteiger partial charge is 0.292 e. The van der Waals surface area contributed by atoms with Crippen molar-refractivity contribution in [1.82, 2.24) is 0 Å². The van der Waals surface area contributed by atoms with Crippen LogP contribution in [0.5, 0.6) is 0 Å². The first-order chi connectivity index (χ1) is 11.2. The third-order valence-corrected chi connectivity index (χ3v) is 3.22. The second-order valence-corrected chi connectivity index (χ2v) is 4.86. The van der Waals surface area contributed by atoms with Crippen LogP contribution in [0.15, 0.2) is 57.7 Å². The number of nitrogens with zero attached hydrogens (tertiary/aromatic N) is 7. The molecule has 7 nitrogen and oxygen atoms in total. The van der Waals surface area contributed by atoms with Crippen LogP contribution in [-0.4, -0.2) is 12.8 Å². The average Bonchev–Trinajstić information content (AvgIpc) is 2.55. The van der Waals surface area contributed by atoms with Crippen LogP contribution in [0.4, 0.5) is 11.4 Å². The summed E-state index contributed by atoms with van der Waals surface area (Å²) in [7, 11) is 0. The molecule has 0 heterocycles. The lowest BCUT2D eigenvalue weighted by Gasteiger charge is -2.03. The lowest BCUT2D eigenvalue weighted by Crippen LogP contribution is -1.92. The molecule has 0 saturated heterocycles. The van der Waals surface area contributed by atoms with E-state index in [0.717, 1.165) is 16.7 Å². The molecule has 0 fully saturated rings. The van der Waals surface area contributed by atoms with Gasteiger partial charge in [-0.15, -0.1) is 0 Å². The minimum atomic E-state index is 0.543. The zero-order valence-corrected chi connectivity index (χ0v) is 12.7. The minimum Gasteiger partial charge on any atom is -0.292 e. The maximum absolute atomic E-state index is 8.59. The van der Waals surface area contributed by atoms with E-state index in [-0.39, 0.29) is 0 Å². The molecule has 0 saturated carbocycles. The molecule has 0 aliphatic rings. The van der Waals surface area contributed by atoms with Crippen molar-refractivity contribution in [1.29, 1.82) is 0 Å². The van der Waals surface area contributed by atoms with Gasteiger partial charge in [-0.25, -0.2) is 0 Å².